The highest BCUT2D eigenvalue weighted by Crippen LogP contribution is 2.37. The highest BCUT2D eigenvalue weighted by Gasteiger charge is 2.37. The summed E-state index contributed by atoms with van der Waals surface area (Å²) in [6.07, 6.45) is 2.67. The molecule has 0 spiro atoms. The average molecular weight is 335 g/mol. The summed E-state index contributed by atoms with van der Waals surface area (Å²) in [5, 5.41) is 0. The van der Waals surface area contributed by atoms with E-state index in [1.54, 1.807) is 0 Å². The monoisotopic (exact) mass is 335 g/mol. The molecule has 0 heterocycles. The number of rotatable bonds is 4. The van der Waals surface area contributed by atoms with Crippen LogP contribution in [0.1, 0.15) is 33.1 Å². The van der Waals surface area contributed by atoms with Crippen LogP contribution in [0.25, 0.3) is 0 Å². The maximum Gasteiger partial charge on any atom is 0.332 e. The Kier molecular flexibility index (Phi) is 4.16. The van der Waals surface area contributed by atoms with E-state index in [9.17, 15) is 20.7 Å². The molecule has 8 heteroatoms. The Balaban J connectivity index is 2.24. The molecular weight excluding hydrogens is 317 g/mol. The molecule has 2 rings (SSSR count). The number of hydrogen-bond acceptors (Lipinski definition) is 4. The molecule has 0 radical (unpaired) electrons. The van der Waals surface area contributed by atoms with Gasteiger partial charge in [-0.1, -0.05) is 20.3 Å². The first-order valence-electron chi connectivity index (χ1n) is 6.59. The van der Waals surface area contributed by atoms with Crippen LogP contribution in [0.2, 0.25) is 0 Å². The standard InChI is InChI=1S/C13H18FNO4S2/c1-13(2)9-3-4-12(13)15-21(18,19)11-7-5-10(6-8-11)20(14,16)17/h5-8,12,15H,3-4,9H2,1-2H3. The van der Waals surface area contributed by atoms with Crippen molar-refractivity contribution in [2.24, 2.45) is 5.41 Å². The lowest BCUT2D eigenvalue weighted by Crippen LogP contribution is -2.41. The van der Waals surface area contributed by atoms with Gasteiger partial charge < -0.3 is 0 Å². The fourth-order valence-electron chi connectivity index (χ4n) is 2.58. The highest BCUT2D eigenvalue weighted by atomic mass is 32.3. The van der Waals surface area contributed by atoms with E-state index in [0.717, 1.165) is 43.5 Å². The largest absolute Gasteiger partial charge is 0.332 e. The van der Waals surface area contributed by atoms with Gasteiger partial charge in [-0.25, -0.2) is 13.1 Å². The summed E-state index contributed by atoms with van der Waals surface area (Å²) in [7, 11) is -8.57. The lowest BCUT2D eigenvalue weighted by Gasteiger charge is -2.27. The zero-order chi connectivity index (χ0) is 15.9. The van der Waals surface area contributed by atoms with Crippen molar-refractivity contribution in [1.29, 1.82) is 0 Å². The number of nitrogens with one attached hydrogen (secondary N) is 1. The molecule has 5 nitrogen and oxygen atoms in total. The Hall–Kier alpha value is -0.990. The predicted octanol–water partition coefficient (Wildman–Crippen LogP) is 2.20. The molecule has 1 atom stereocenters. The van der Waals surface area contributed by atoms with Crippen molar-refractivity contribution in [3.8, 4) is 0 Å². The van der Waals surface area contributed by atoms with Gasteiger partial charge in [-0.05, 0) is 42.5 Å². The molecule has 0 bridgehead atoms. The summed E-state index contributed by atoms with van der Waals surface area (Å²) < 4.78 is 61.5. The fourth-order valence-corrected chi connectivity index (χ4v) is 4.48. The second-order valence-electron chi connectivity index (χ2n) is 5.96. The zero-order valence-corrected chi connectivity index (χ0v) is 13.5. The maximum absolute atomic E-state index is 12.8. The quantitative estimate of drug-likeness (QED) is 0.856. The fraction of sp³-hybridized carbons (Fsp3) is 0.538. The first-order chi connectivity index (χ1) is 9.52. The Bertz CT molecular complexity index is 724. The summed E-state index contributed by atoms with van der Waals surface area (Å²) in [6, 6.07) is 3.92. The third-order valence-electron chi connectivity index (χ3n) is 3.97. The lowest BCUT2D eigenvalue weighted by molar-refractivity contribution is 0.313. The minimum absolute atomic E-state index is 0.0717. The van der Waals surface area contributed by atoms with Gasteiger partial charge in [0.1, 0.15) is 0 Å². The minimum Gasteiger partial charge on any atom is -0.208 e. The van der Waals surface area contributed by atoms with Gasteiger partial charge in [-0.2, -0.15) is 8.42 Å². The van der Waals surface area contributed by atoms with Crippen molar-refractivity contribution < 1.29 is 20.7 Å². The Morgan fingerprint density at radius 2 is 1.62 bits per heavy atom. The van der Waals surface area contributed by atoms with Crippen molar-refractivity contribution in [1.82, 2.24) is 4.72 Å². The zero-order valence-electron chi connectivity index (χ0n) is 11.8. The van der Waals surface area contributed by atoms with Crippen molar-refractivity contribution in [2.45, 2.75) is 48.9 Å². The van der Waals surface area contributed by atoms with Crippen LogP contribution in [0.3, 0.4) is 0 Å². The van der Waals surface area contributed by atoms with Crippen LogP contribution in [0.5, 0.6) is 0 Å². The number of sulfonamides is 1. The van der Waals surface area contributed by atoms with Crippen LogP contribution >= 0.6 is 0 Å². The molecular formula is C13H18FNO4S2. The molecule has 0 aromatic heterocycles. The molecule has 1 aromatic rings. The molecule has 21 heavy (non-hydrogen) atoms. The molecule has 118 valence electrons. The van der Waals surface area contributed by atoms with Crippen LogP contribution in [-0.2, 0) is 20.2 Å². The third kappa shape index (κ3) is 3.61. The number of halogens is 1. The van der Waals surface area contributed by atoms with Crippen molar-refractivity contribution >= 4 is 20.2 Å². The van der Waals surface area contributed by atoms with Gasteiger partial charge >= 0.3 is 10.2 Å². The van der Waals surface area contributed by atoms with Crippen LogP contribution in [0.4, 0.5) is 3.89 Å². The van der Waals surface area contributed by atoms with Gasteiger partial charge in [-0.3, -0.25) is 0 Å². The summed E-state index contributed by atoms with van der Waals surface area (Å²) >= 11 is 0. The van der Waals surface area contributed by atoms with Crippen LogP contribution < -0.4 is 4.72 Å². The first kappa shape index (κ1) is 16.4. The normalized spacial score (nSPS) is 22.3. The van der Waals surface area contributed by atoms with E-state index in [4.69, 9.17) is 0 Å². The third-order valence-corrected chi connectivity index (χ3v) is 6.29. The first-order valence-corrected chi connectivity index (χ1v) is 9.46. The van der Waals surface area contributed by atoms with E-state index in [2.05, 4.69) is 4.72 Å². The SMILES string of the molecule is CC1(C)CCCC1NS(=O)(=O)c1ccc(S(=O)(=O)F)cc1. The predicted molar refractivity (Wildman–Crippen MR) is 76.5 cm³/mol. The van der Waals surface area contributed by atoms with Crippen LogP contribution in [-0.4, -0.2) is 22.9 Å². The number of benzene rings is 1. The molecule has 1 aromatic carbocycles. The minimum atomic E-state index is -4.82. The number of hydrogen-bond donors (Lipinski definition) is 1. The molecule has 1 N–H and O–H groups in total. The van der Waals surface area contributed by atoms with Gasteiger partial charge in [0, 0.05) is 6.04 Å². The van der Waals surface area contributed by atoms with Gasteiger partial charge in [0.25, 0.3) is 0 Å². The van der Waals surface area contributed by atoms with E-state index in [0.29, 0.717) is 0 Å². The van der Waals surface area contributed by atoms with Gasteiger partial charge in [0.05, 0.1) is 9.79 Å². The second kappa shape index (κ2) is 5.33. The molecule has 1 fully saturated rings. The lowest BCUT2D eigenvalue weighted by atomic mass is 9.88. The average Bonchev–Trinajstić information content (AvgIpc) is 2.67. The molecule has 1 unspecified atom stereocenters. The van der Waals surface area contributed by atoms with E-state index in [1.165, 1.54) is 0 Å². The van der Waals surface area contributed by atoms with Crippen molar-refractivity contribution in [2.75, 3.05) is 0 Å². The maximum atomic E-state index is 12.8. The van der Waals surface area contributed by atoms with Gasteiger partial charge in [-0.15, -0.1) is 3.89 Å². The molecule has 1 aliphatic carbocycles. The van der Waals surface area contributed by atoms with Crippen molar-refractivity contribution in [3.05, 3.63) is 24.3 Å². The molecule has 1 aliphatic rings. The molecule has 0 aliphatic heterocycles. The van der Waals surface area contributed by atoms with Crippen molar-refractivity contribution in [3.63, 3.8) is 0 Å². The summed E-state index contributed by atoms with van der Waals surface area (Å²) in [5.74, 6) is 0. The van der Waals surface area contributed by atoms with Crippen LogP contribution in [0, 0.1) is 5.41 Å². The van der Waals surface area contributed by atoms with Crippen LogP contribution in [0.15, 0.2) is 34.1 Å². The van der Waals surface area contributed by atoms with E-state index in [1.807, 2.05) is 13.8 Å². The Morgan fingerprint density at radius 1 is 1.10 bits per heavy atom. The summed E-state index contributed by atoms with van der Waals surface area (Å²) in [4.78, 5) is -0.625. The summed E-state index contributed by atoms with van der Waals surface area (Å²) in [6.45, 7) is 4.01. The summed E-state index contributed by atoms with van der Waals surface area (Å²) in [5.41, 5.74) is -0.116. The molecule has 0 amide bonds. The Labute approximate surface area is 124 Å². The Morgan fingerprint density at radius 3 is 2.05 bits per heavy atom. The second-order valence-corrected chi connectivity index (χ2v) is 9.03. The topological polar surface area (TPSA) is 80.3 Å². The van der Waals surface area contributed by atoms with E-state index in [-0.39, 0.29) is 16.4 Å². The highest BCUT2D eigenvalue weighted by molar-refractivity contribution is 7.89. The van der Waals surface area contributed by atoms with E-state index < -0.39 is 25.1 Å². The molecule has 1 saturated carbocycles. The molecule has 0 saturated heterocycles. The van der Waals surface area contributed by atoms with Gasteiger partial charge in [0.2, 0.25) is 10.0 Å². The van der Waals surface area contributed by atoms with E-state index >= 15 is 0 Å². The smallest absolute Gasteiger partial charge is 0.208 e. The van der Waals surface area contributed by atoms with Gasteiger partial charge in [0.15, 0.2) is 0 Å².